The molecule has 0 aromatic carbocycles. The molecule has 2 rings (SSSR count). The number of carbonyl (C=O) groups is 1. The lowest BCUT2D eigenvalue weighted by atomic mass is 9.82. The zero-order valence-corrected chi connectivity index (χ0v) is 11.1. The van der Waals surface area contributed by atoms with Crippen molar-refractivity contribution < 1.29 is 14.6 Å². The number of nitrogens with one attached hydrogen (secondary N) is 1. The quantitative estimate of drug-likeness (QED) is 0.787. The maximum atomic E-state index is 12.0. The smallest absolute Gasteiger partial charge is 0.220 e. The first-order chi connectivity index (χ1) is 8.74. The van der Waals surface area contributed by atoms with Crippen LogP contribution in [0.1, 0.15) is 57.8 Å². The first-order valence-corrected chi connectivity index (χ1v) is 7.28. The van der Waals surface area contributed by atoms with Gasteiger partial charge in [0, 0.05) is 13.0 Å². The van der Waals surface area contributed by atoms with Gasteiger partial charge in [-0.1, -0.05) is 19.3 Å². The van der Waals surface area contributed by atoms with Crippen molar-refractivity contribution in [1.29, 1.82) is 0 Å². The predicted octanol–water partition coefficient (Wildman–Crippen LogP) is 1.76. The second-order valence-electron chi connectivity index (χ2n) is 5.72. The summed E-state index contributed by atoms with van der Waals surface area (Å²) in [5.41, 5.74) is -0.341. The molecule has 1 unspecified atom stereocenters. The molecule has 18 heavy (non-hydrogen) atoms. The van der Waals surface area contributed by atoms with Gasteiger partial charge in [0.2, 0.25) is 5.91 Å². The third-order valence-electron chi connectivity index (χ3n) is 4.24. The number of aliphatic hydroxyl groups excluding tert-OH is 1. The van der Waals surface area contributed by atoms with E-state index in [0.717, 1.165) is 51.6 Å². The monoisotopic (exact) mass is 255 g/mol. The lowest BCUT2D eigenvalue weighted by Gasteiger charge is -2.36. The lowest BCUT2D eigenvalue weighted by Crippen LogP contribution is -2.52. The number of amides is 1. The van der Waals surface area contributed by atoms with Gasteiger partial charge in [0.1, 0.15) is 0 Å². The third kappa shape index (κ3) is 3.69. The van der Waals surface area contributed by atoms with Crippen LogP contribution in [0.2, 0.25) is 0 Å². The Morgan fingerprint density at radius 1 is 1.28 bits per heavy atom. The Bertz CT molecular complexity index is 268. The molecule has 0 aromatic rings. The van der Waals surface area contributed by atoms with Crippen molar-refractivity contribution >= 4 is 5.91 Å². The standard InChI is InChI=1S/C14H25NO3/c16-11-14(8-2-1-3-9-14)15-13(17)7-6-12-5-4-10-18-12/h12,16H,1-11H2,(H,15,17). The van der Waals surface area contributed by atoms with Crippen LogP contribution in [0.3, 0.4) is 0 Å². The van der Waals surface area contributed by atoms with Gasteiger partial charge in [0.05, 0.1) is 18.2 Å². The molecule has 0 radical (unpaired) electrons. The fourth-order valence-corrected chi connectivity index (χ4v) is 3.07. The molecule has 4 nitrogen and oxygen atoms in total. The Hall–Kier alpha value is -0.610. The van der Waals surface area contributed by atoms with Crippen molar-refractivity contribution in [3.8, 4) is 0 Å². The zero-order valence-electron chi connectivity index (χ0n) is 11.1. The van der Waals surface area contributed by atoms with Crippen molar-refractivity contribution in [1.82, 2.24) is 5.32 Å². The molecule has 1 atom stereocenters. The van der Waals surface area contributed by atoms with Crippen LogP contribution >= 0.6 is 0 Å². The first kappa shape index (κ1) is 13.8. The van der Waals surface area contributed by atoms with Crippen molar-refractivity contribution in [2.24, 2.45) is 0 Å². The zero-order chi connectivity index (χ0) is 12.8. The minimum atomic E-state index is -0.341. The van der Waals surface area contributed by atoms with E-state index in [4.69, 9.17) is 4.74 Å². The largest absolute Gasteiger partial charge is 0.394 e. The van der Waals surface area contributed by atoms with Gasteiger partial charge in [-0.25, -0.2) is 0 Å². The van der Waals surface area contributed by atoms with E-state index in [2.05, 4.69) is 5.32 Å². The van der Waals surface area contributed by atoms with E-state index in [9.17, 15) is 9.90 Å². The minimum absolute atomic E-state index is 0.0681. The number of rotatable bonds is 5. The van der Waals surface area contributed by atoms with Crippen LogP contribution in [0.25, 0.3) is 0 Å². The average Bonchev–Trinajstić information content (AvgIpc) is 2.91. The number of hydrogen-bond donors (Lipinski definition) is 2. The highest BCUT2D eigenvalue weighted by atomic mass is 16.5. The van der Waals surface area contributed by atoms with E-state index in [-0.39, 0.29) is 24.2 Å². The van der Waals surface area contributed by atoms with Gasteiger partial charge in [0.15, 0.2) is 0 Å². The maximum Gasteiger partial charge on any atom is 0.220 e. The topological polar surface area (TPSA) is 58.6 Å². The molecule has 104 valence electrons. The Labute approximate surface area is 109 Å². The summed E-state index contributed by atoms with van der Waals surface area (Å²) in [5, 5.41) is 12.6. The highest BCUT2D eigenvalue weighted by Gasteiger charge is 2.32. The summed E-state index contributed by atoms with van der Waals surface area (Å²) < 4.78 is 5.52. The van der Waals surface area contributed by atoms with Gasteiger partial charge in [-0.05, 0) is 32.1 Å². The van der Waals surface area contributed by atoms with Gasteiger partial charge in [-0.2, -0.15) is 0 Å². The second kappa shape index (κ2) is 6.53. The van der Waals surface area contributed by atoms with Gasteiger partial charge >= 0.3 is 0 Å². The summed E-state index contributed by atoms with van der Waals surface area (Å²) in [6.07, 6.45) is 9.05. The highest BCUT2D eigenvalue weighted by molar-refractivity contribution is 5.76. The third-order valence-corrected chi connectivity index (χ3v) is 4.24. The lowest BCUT2D eigenvalue weighted by molar-refractivity contribution is -0.124. The van der Waals surface area contributed by atoms with Crippen LogP contribution in [0.4, 0.5) is 0 Å². The summed E-state index contributed by atoms with van der Waals surface area (Å²) in [5.74, 6) is 0.0708. The molecule has 1 heterocycles. The van der Waals surface area contributed by atoms with E-state index in [1.165, 1.54) is 6.42 Å². The molecular formula is C14H25NO3. The fourth-order valence-electron chi connectivity index (χ4n) is 3.07. The summed E-state index contributed by atoms with van der Waals surface area (Å²) in [6.45, 7) is 0.908. The van der Waals surface area contributed by atoms with Gasteiger partial charge in [-0.3, -0.25) is 4.79 Å². The SMILES string of the molecule is O=C(CCC1CCCO1)NC1(CO)CCCCC1. The molecule has 1 saturated carbocycles. The second-order valence-corrected chi connectivity index (χ2v) is 5.72. The molecule has 1 amide bonds. The Balaban J connectivity index is 1.74. The summed E-state index contributed by atoms with van der Waals surface area (Å²) >= 11 is 0. The fraction of sp³-hybridized carbons (Fsp3) is 0.929. The van der Waals surface area contributed by atoms with Crippen LogP contribution in [-0.4, -0.2) is 35.9 Å². The van der Waals surface area contributed by atoms with E-state index in [0.29, 0.717) is 6.42 Å². The van der Waals surface area contributed by atoms with E-state index >= 15 is 0 Å². The Morgan fingerprint density at radius 3 is 2.67 bits per heavy atom. The molecule has 0 aromatic heterocycles. The normalized spacial score (nSPS) is 27.1. The summed E-state index contributed by atoms with van der Waals surface area (Å²) in [6, 6.07) is 0. The van der Waals surface area contributed by atoms with Crippen LogP contribution in [0, 0.1) is 0 Å². The molecule has 0 spiro atoms. The molecule has 2 fully saturated rings. The van der Waals surface area contributed by atoms with Crippen LogP contribution in [0.15, 0.2) is 0 Å². The summed E-state index contributed by atoms with van der Waals surface area (Å²) in [7, 11) is 0. The first-order valence-electron chi connectivity index (χ1n) is 7.28. The Kier molecular flexibility index (Phi) is 5.01. The molecule has 2 N–H and O–H groups in total. The molecular weight excluding hydrogens is 230 g/mol. The van der Waals surface area contributed by atoms with E-state index in [1.807, 2.05) is 0 Å². The Morgan fingerprint density at radius 2 is 2.06 bits per heavy atom. The molecule has 0 bridgehead atoms. The van der Waals surface area contributed by atoms with Gasteiger partial charge in [-0.15, -0.1) is 0 Å². The molecule has 1 aliphatic heterocycles. The molecule has 1 saturated heterocycles. The van der Waals surface area contributed by atoms with Crippen molar-refractivity contribution in [2.45, 2.75) is 69.4 Å². The molecule has 2 aliphatic rings. The van der Waals surface area contributed by atoms with Crippen LogP contribution in [0.5, 0.6) is 0 Å². The van der Waals surface area contributed by atoms with Crippen molar-refractivity contribution in [2.75, 3.05) is 13.2 Å². The van der Waals surface area contributed by atoms with Crippen molar-refractivity contribution in [3.05, 3.63) is 0 Å². The number of ether oxygens (including phenoxy) is 1. The van der Waals surface area contributed by atoms with Gasteiger partial charge in [0.25, 0.3) is 0 Å². The molecule has 4 heteroatoms. The highest BCUT2D eigenvalue weighted by Crippen LogP contribution is 2.28. The average molecular weight is 255 g/mol. The molecule has 1 aliphatic carbocycles. The van der Waals surface area contributed by atoms with E-state index in [1.54, 1.807) is 0 Å². The van der Waals surface area contributed by atoms with Gasteiger partial charge < -0.3 is 15.2 Å². The maximum absolute atomic E-state index is 12.0. The minimum Gasteiger partial charge on any atom is -0.394 e. The number of hydrogen-bond acceptors (Lipinski definition) is 3. The van der Waals surface area contributed by atoms with Crippen molar-refractivity contribution in [3.63, 3.8) is 0 Å². The van der Waals surface area contributed by atoms with Crippen LogP contribution in [-0.2, 0) is 9.53 Å². The number of aliphatic hydroxyl groups is 1. The van der Waals surface area contributed by atoms with E-state index < -0.39 is 0 Å². The van der Waals surface area contributed by atoms with Crippen LogP contribution < -0.4 is 5.32 Å². The summed E-state index contributed by atoms with van der Waals surface area (Å²) in [4.78, 5) is 12.0. The predicted molar refractivity (Wildman–Crippen MR) is 69.3 cm³/mol. The number of carbonyl (C=O) groups excluding carboxylic acids is 1.